The average Bonchev–Trinajstić information content (AvgIpc) is 3.74. The van der Waals surface area contributed by atoms with Crippen molar-refractivity contribution in [1.29, 1.82) is 0 Å². The monoisotopic (exact) mass is 533 g/mol. The second kappa shape index (κ2) is 11.3. The summed E-state index contributed by atoms with van der Waals surface area (Å²) in [5.74, 6) is -0.851. The number of nitrogens with zero attached hydrogens (tertiary/aromatic N) is 2. The fraction of sp³-hybridized carbons (Fsp3) is 0.500. The van der Waals surface area contributed by atoms with E-state index in [4.69, 9.17) is 14.6 Å². The van der Waals surface area contributed by atoms with Crippen molar-refractivity contribution in [3.05, 3.63) is 65.2 Å². The molecule has 2 N–H and O–H groups in total. The van der Waals surface area contributed by atoms with Gasteiger partial charge in [-0.15, -0.1) is 0 Å². The van der Waals surface area contributed by atoms with Gasteiger partial charge in [0.15, 0.2) is 0 Å². The molecule has 7 nitrogen and oxygen atoms in total. The molecule has 1 unspecified atom stereocenters. The molecular formula is C28H34F3N3O4. The van der Waals surface area contributed by atoms with Crippen LogP contribution in [0.25, 0.3) is 0 Å². The van der Waals surface area contributed by atoms with Gasteiger partial charge in [0, 0.05) is 6.54 Å². The number of alkyl halides is 3. The van der Waals surface area contributed by atoms with Gasteiger partial charge in [0.05, 0.1) is 7.11 Å². The van der Waals surface area contributed by atoms with Gasteiger partial charge in [0.1, 0.15) is 17.5 Å². The van der Waals surface area contributed by atoms with Crippen LogP contribution in [0.5, 0.6) is 5.75 Å². The van der Waals surface area contributed by atoms with Gasteiger partial charge in [-0.1, -0.05) is 36.4 Å². The number of methoxy groups -OCH3 is 1. The number of piperidine rings is 1. The number of carbonyl (C=O) groups is 2. The Morgan fingerprint density at radius 1 is 1.05 bits per heavy atom. The van der Waals surface area contributed by atoms with Crippen LogP contribution >= 0.6 is 0 Å². The maximum absolute atomic E-state index is 13.8. The number of ether oxygens (including phenoxy) is 1. The number of amides is 1. The van der Waals surface area contributed by atoms with E-state index in [0.29, 0.717) is 5.91 Å². The van der Waals surface area contributed by atoms with Gasteiger partial charge in [-0.25, -0.2) is 4.79 Å². The first-order valence-electron chi connectivity index (χ1n) is 12.8. The van der Waals surface area contributed by atoms with Gasteiger partial charge in [0.25, 0.3) is 0 Å². The molecule has 0 bridgehead atoms. The van der Waals surface area contributed by atoms with Crippen LogP contribution in [0.1, 0.15) is 54.5 Å². The topological polar surface area (TPSA) is 82.1 Å². The lowest BCUT2D eigenvalue weighted by Gasteiger charge is -2.38. The molecule has 3 fully saturated rings. The summed E-state index contributed by atoms with van der Waals surface area (Å²) in [5, 5.41) is 10.6. The van der Waals surface area contributed by atoms with Crippen molar-refractivity contribution in [3.8, 4) is 5.75 Å². The van der Waals surface area contributed by atoms with Crippen LogP contribution < -0.4 is 10.1 Å². The first-order chi connectivity index (χ1) is 18.1. The van der Waals surface area contributed by atoms with Crippen molar-refractivity contribution in [3.63, 3.8) is 0 Å². The third-order valence-corrected chi connectivity index (χ3v) is 7.75. The summed E-state index contributed by atoms with van der Waals surface area (Å²) in [7, 11) is 3.83. The molecule has 0 radical (unpaired) electrons. The largest absolute Gasteiger partial charge is 0.497 e. The SMILES string of the molecule is COc1ccc(CCN2C(=O)C3(CCNCC3)N(C)C2c2ccc(C3CC3)cc2)cc1.O=C(O)C(F)(F)F. The van der Waals surface area contributed by atoms with Crippen LogP contribution in [0.15, 0.2) is 48.5 Å². The summed E-state index contributed by atoms with van der Waals surface area (Å²) in [5.41, 5.74) is 3.51. The fourth-order valence-electron chi connectivity index (χ4n) is 5.41. The maximum Gasteiger partial charge on any atom is 0.490 e. The maximum atomic E-state index is 13.8. The van der Waals surface area contributed by atoms with Crippen molar-refractivity contribution in [2.75, 3.05) is 33.8 Å². The van der Waals surface area contributed by atoms with Crippen LogP contribution in [0, 0.1) is 0 Å². The first kappa shape index (κ1) is 27.9. The van der Waals surface area contributed by atoms with Gasteiger partial charge < -0.3 is 20.1 Å². The van der Waals surface area contributed by atoms with Crippen molar-refractivity contribution in [2.45, 2.75) is 55.9 Å². The molecule has 3 aliphatic rings. The van der Waals surface area contributed by atoms with Crippen LogP contribution in [0.3, 0.4) is 0 Å². The number of carboxylic acid groups (broad SMARTS) is 1. The Labute approximate surface area is 220 Å². The van der Waals surface area contributed by atoms with Gasteiger partial charge >= 0.3 is 12.1 Å². The summed E-state index contributed by atoms with van der Waals surface area (Å²) < 4.78 is 37.0. The summed E-state index contributed by atoms with van der Waals surface area (Å²) >= 11 is 0. The number of likely N-dealkylation sites (N-methyl/N-ethyl adjacent to an activating group) is 1. The Kier molecular flexibility index (Phi) is 8.32. The number of rotatable bonds is 6. The summed E-state index contributed by atoms with van der Waals surface area (Å²) in [4.78, 5) is 27.2. The first-order valence-corrected chi connectivity index (χ1v) is 12.8. The van der Waals surface area contributed by atoms with Crippen LogP contribution in [-0.2, 0) is 16.0 Å². The van der Waals surface area contributed by atoms with Crippen molar-refractivity contribution < 1.29 is 32.6 Å². The van der Waals surface area contributed by atoms with Crippen LogP contribution in [0.2, 0.25) is 0 Å². The van der Waals surface area contributed by atoms with Crippen molar-refractivity contribution in [1.82, 2.24) is 15.1 Å². The third kappa shape index (κ3) is 5.96. The molecule has 1 spiro atoms. The number of benzene rings is 2. The average molecular weight is 534 g/mol. The van der Waals surface area contributed by atoms with E-state index < -0.39 is 12.1 Å². The molecule has 2 aromatic rings. The fourth-order valence-corrected chi connectivity index (χ4v) is 5.41. The van der Waals surface area contributed by atoms with Crippen molar-refractivity contribution in [2.24, 2.45) is 0 Å². The minimum absolute atomic E-state index is 0.00268. The predicted octanol–water partition coefficient (Wildman–Crippen LogP) is 4.34. The van der Waals surface area contributed by atoms with Gasteiger partial charge in [-0.3, -0.25) is 9.69 Å². The third-order valence-electron chi connectivity index (χ3n) is 7.75. The standard InChI is InChI=1S/C26H33N3O2.C2HF3O2/c1-28-24(22-9-7-21(8-10-22)20-5-6-20)29(25(30)26(28)14-16-27-17-15-26)18-13-19-3-11-23(31-2)12-4-19;3-2(4,5)1(6)7/h3-4,7-12,20,24,27H,5-6,13-18H2,1-2H3;(H,6,7). The molecule has 2 aromatic carbocycles. The highest BCUT2D eigenvalue weighted by Gasteiger charge is 2.55. The van der Waals surface area contributed by atoms with E-state index in [1.54, 1.807) is 7.11 Å². The van der Waals surface area contributed by atoms with Gasteiger partial charge in [0.2, 0.25) is 5.91 Å². The van der Waals surface area contributed by atoms with E-state index in [-0.39, 0.29) is 11.7 Å². The molecule has 1 aliphatic carbocycles. The number of hydrogen-bond donors (Lipinski definition) is 2. The van der Waals surface area contributed by atoms with Gasteiger partial charge in [-0.2, -0.15) is 13.2 Å². The van der Waals surface area contributed by atoms with Crippen molar-refractivity contribution >= 4 is 11.9 Å². The number of carbonyl (C=O) groups excluding carboxylic acids is 1. The molecular weight excluding hydrogens is 499 g/mol. The molecule has 2 heterocycles. The molecule has 1 saturated carbocycles. The summed E-state index contributed by atoms with van der Waals surface area (Å²) in [6.07, 6.45) is 0.123. The second-order valence-corrected chi connectivity index (χ2v) is 10.1. The zero-order valence-corrected chi connectivity index (χ0v) is 21.6. The molecule has 10 heteroatoms. The Bertz CT molecular complexity index is 1110. The Hall–Kier alpha value is -3.11. The molecule has 2 aliphatic heterocycles. The lowest BCUT2D eigenvalue weighted by atomic mass is 9.87. The Morgan fingerprint density at radius 3 is 2.11 bits per heavy atom. The lowest BCUT2D eigenvalue weighted by Crippen LogP contribution is -2.54. The minimum Gasteiger partial charge on any atom is -0.497 e. The quantitative estimate of drug-likeness (QED) is 0.575. The molecule has 2 saturated heterocycles. The molecule has 1 amide bonds. The lowest BCUT2D eigenvalue weighted by molar-refractivity contribution is -0.192. The number of halogens is 3. The zero-order chi connectivity index (χ0) is 27.5. The van der Waals surface area contributed by atoms with E-state index in [1.165, 1.54) is 29.5 Å². The van der Waals surface area contributed by atoms with E-state index in [0.717, 1.165) is 50.6 Å². The minimum atomic E-state index is -5.08. The van der Waals surface area contributed by atoms with E-state index in [2.05, 4.69) is 58.6 Å². The van der Waals surface area contributed by atoms with E-state index >= 15 is 0 Å². The second-order valence-electron chi connectivity index (χ2n) is 10.1. The molecule has 0 aromatic heterocycles. The number of aliphatic carboxylic acids is 1. The Balaban J connectivity index is 0.000000426. The highest BCUT2D eigenvalue weighted by Crippen LogP contribution is 2.45. The number of nitrogens with one attached hydrogen (secondary N) is 1. The molecule has 1 atom stereocenters. The van der Waals surface area contributed by atoms with Crippen LogP contribution in [-0.4, -0.2) is 72.3 Å². The number of carboxylic acids is 1. The van der Waals surface area contributed by atoms with Gasteiger partial charge in [-0.05, 0) is 87.0 Å². The van der Waals surface area contributed by atoms with E-state index in [1.807, 2.05) is 12.1 Å². The molecule has 38 heavy (non-hydrogen) atoms. The zero-order valence-electron chi connectivity index (χ0n) is 21.6. The normalized spacial score (nSPS) is 21.2. The summed E-state index contributed by atoms with van der Waals surface area (Å²) in [6, 6.07) is 17.3. The highest BCUT2D eigenvalue weighted by molar-refractivity contribution is 5.89. The number of hydrogen-bond acceptors (Lipinski definition) is 5. The predicted molar refractivity (Wildman–Crippen MR) is 136 cm³/mol. The van der Waals surface area contributed by atoms with E-state index in [9.17, 15) is 18.0 Å². The highest BCUT2D eigenvalue weighted by atomic mass is 19.4. The summed E-state index contributed by atoms with van der Waals surface area (Å²) in [6.45, 7) is 2.52. The smallest absolute Gasteiger partial charge is 0.490 e. The Morgan fingerprint density at radius 2 is 1.61 bits per heavy atom. The molecule has 5 rings (SSSR count). The molecule has 206 valence electrons. The van der Waals surface area contributed by atoms with Crippen LogP contribution in [0.4, 0.5) is 13.2 Å².